The van der Waals surface area contributed by atoms with E-state index in [0.717, 1.165) is 29.8 Å². The van der Waals surface area contributed by atoms with Gasteiger partial charge in [-0.1, -0.05) is 55.5 Å². The molecule has 24 heavy (non-hydrogen) atoms. The van der Waals surface area contributed by atoms with Gasteiger partial charge < -0.3 is 0 Å². The summed E-state index contributed by atoms with van der Waals surface area (Å²) in [7, 11) is 0. The van der Waals surface area contributed by atoms with E-state index < -0.39 is 0 Å². The molecule has 122 valence electrons. The van der Waals surface area contributed by atoms with Gasteiger partial charge in [0, 0.05) is 5.56 Å². The van der Waals surface area contributed by atoms with E-state index in [1.54, 1.807) is 0 Å². The molecule has 0 saturated heterocycles. The molecule has 2 aromatic carbocycles. The summed E-state index contributed by atoms with van der Waals surface area (Å²) in [6, 6.07) is 16.9. The van der Waals surface area contributed by atoms with Crippen molar-refractivity contribution in [1.29, 1.82) is 0 Å². The second kappa shape index (κ2) is 8.56. The molecule has 5 nitrogen and oxygen atoms in total. The Kier molecular flexibility index (Phi) is 6.17. The van der Waals surface area contributed by atoms with Gasteiger partial charge in [-0.25, -0.2) is 4.68 Å². The molecule has 0 radical (unpaired) electrons. The van der Waals surface area contributed by atoms with Crippen LogP contribution < -0.4 is 0 Å². The predicted molar refractivity (Wildman–Crippen MR) is 90.6 cm³/mol. The highest BCUT2D eigenvalue weighted by Gasteiger charge is 2.05. The summed E-state index contributed by atoms with van der Waals surface area (Å²) in [4.78, 5) is 16.2. The van der Waals surface area contributed by atoms with E-state index in [9.17, 15) is 0 Å². The standard InChI is InChI=1S/C18H19N3.CO2/c1-3-14-8-10-16(11-9-14)18-13-21(20-19-18)17-7-5-6-15(4-2)12-17;2-1-3/h5-13H,3-4H2,1-2H3;. The minimum absolute atomic E-state index is 0.250. The Morgan fingerprint density at radius 1 is 0.958 bits per heavy atom. The van der Waals surface area contributed by atoms with Gasteiger partial charge in [0.25, 0.3) is 0 Å². The highest BCUT2D eigenvalue weighted by molar-refractivity contribution is 5.58. The molecule has 0 bridgehead atoms. The third-order valence-corrected chi connectivity index (χ3v) is 3.73. The summed E-state index contributed by atoms with van der Waals surface area (Å²) in [5.41, 5.74) is 5.70. The average Bonchev–Trinajstić information content (AvgIpc) is 3.13. The Balaban J connectivity index is 0.000000647. The lowest BCUT2D eigenvalue weighted by Gasteiger charge is -2.02. The summed E-state index contributed by atoms with van der Waals surface area (Å²) < 4.78 is 1.84. The first-order chi connectivity index (χ1) is 11.7. The maximum atomic E-state index is 8.12. The number of rotatable bonds is 4. The van der Waals surface area contributed by atoms with Gasteiger partial charge >= 0.3 is 6.15 Å². The van der Waals surface area contributed by atoms with Gasteiger partial charge in [-0.2, -0.15) is 9.59 Å². The van der Waals surface area contributed by atoms with Crippen LogP contribution in [0.4, 0.5) is 0 Å². The molecule has 0 aliphatic heterocycles. The fourth-order valence-electron chi connectivity index (χ4n) is 2.35. The zero-order chi connectivity index (χ0) is 17.4. The minimum atomic E-state index is 0.250. The van der Waals surface area contributed by atoms with Crippen molar-refractivity contribution in [3.05, 3.63) is 65.9 Å². The van der Waals surface area contributed by atoms with E-state index >= 15 is 0 Å². The maximum Gasteiger partial charge on any atom is 0.373 e. The summed E-state index contributed by atoms with van der Waals surface area (Å²) in [6.45, 7) is 4.31. The van der Waals surface area contributed by atoms with Crippen molar-refractivity contribution in [2.75, 3.05) is 0 Å². The third-order valence-electron chi connectivity index (χ3n) is 3.73. The number of nitrogens with zero attached hydrogens (tertiary/aromatic N) is 3. The van der Waals surface area contributed by atoms with Crippen molar-refractivity contribution in [3.63, 3.8) is 0 Å². The van der Waals surface area contributed by atoms with Crippen molar-refractivity contribution < 1.29 is 9.59 Å². The molecule has 3 aromatic rings. The van der Waals surface area contributed by atoms with E-state index in [1.165, 1.54) is 11.1 Å². The molecule has 0 aliphatic rings. The Labute approximate surface area is 140 Å². The maximum absolute atomic E-state index is 8.12. The van der Waals surface area contributed by atoms with Crippen LogP contribution in [0.5, 0.6) is 0 Å². The zero-order valence-corrected chi connectivity index (χ0v) is 13.8. The van der Waals surface area contributed by atoms with E-state index in [4.69, 9.17) is 9.59 Å². The minimum Gasteiger partial charge on any atom is -0.220 e. The first-order valence-corrected chi connectivity index (χ1v) is 7.82. The van der Waals surface area contributed by atoms with Gasteiger partial charge in [0.2, 0.25) is 0 Å². The van der Waals surface area contributed by atoms with Crippen LogP contribution in [0.15, 0.2) is 54.7 Å². The second-order valence-electron chi connectivity index (χ2n) is 5.21. The van der Waals surface area contributed by atoms with E-state index in [0.29, 0.717) is 0 Å². The molecule has 0 amide bonds. The lowest BCUT2D eigenvalue weighted by molar-refractivity contribution is -0.191. The molecule has 3 rings (SSSR count). The lowest BCUT2D eigenvalue weighted by atomic mass is 10.1. The number of hydrogen-bond acceptors (Lipinski definition) is 4. The smallest absolute Gasteiger partial charge is 0.220 e. The Morgan fingerprint density at radius 2 is 1.62 bits per heavy atom. The van der Waals surface area contributed by atoms with Crippen LogP contribution in [0.25, 0.3) is 16.9 Å². The van der Waals surface area contributed by atoms with Gasteiger partial charge in [0.1, 0.15) is 5.69 Å². The molecule has 5 heteroatoms. The molecule has 0 N–H and O–H groups in total. The van der Waals surface area contributed by atoms with Crippen LogP contribution in [0, 0.1) is 0 Å². The van der Waals surface area contributed by atoms with Gasteiger partial charge in [0.05, 0.1) is 11.9 Å². The van der Waals surface area contributed by atoms with Crippen LogP contribution in [0.1, 0.15) is 25.0 Å². The monoisotopic (exact) mass is 321 g/mol. The molecule has 1 heterocycles. The van der Waals surface area contributed by atoms with E-state index in [2.05, 4.69) is 72.7 Å². The van der Waals surface area contributed by atoms with Gasteiger partial charge in [-0.15, -0.1) is 5.10 Å². The zero-order valence-electron chi connectivity index (χ0n) is 13.8. The lowest BCUT2D eigenvalue weighted by Crippen LogP contribution is -1.95. The van der Waals surface area contributed by atoms with Crippen LogP contribution in [0.3, 0.4) is 0 Å². The first-order valence-electron chi connectivity index (χ1n) is 7.82. The molecule has 0 saturated carbocycles. The van der Waals surface area contributed by atoms with Crippen molar-refractivity contribution in [2.24, 2.45) is 0 Å². The topological polar surface area (TPSA) is 64.8 Å². The Morgan fingerprint density at radius 3 is 2.25 bits per heavy atom. The number of benzene rings is 2. The molecule has 0 spiro atoms. The van der Waals surface area contributed by atoms with Crippen LogP contribution in [-0.2, 0) is 22.4 Å². The number of aryl methyl sites for hydroxylation is 2. The summed E-state index contributed by atoms with van der Waals surface area (Å²) in [5.74, 6) is 0. The van der Waals surface area contributed by atoms with Crippen LogP contribution in [-0.4, -0.2) is 21.1 Å². The highest BCUT2D eigenvalue weighted by Crippen LogP contribution is 2.19. The molecule has 1 aromatic heterocycles. The van der Waals surface area contributed by atoms with Gasteiger partial charge in [-0.3, -0.25) is 0 Å². The van der Waals surface area contributed by atoms with Crippen molar-refractivity contribution in [2.45, 2.75) is 26.7 Å². The van der Waals surface area contributed by atoms with Gasteiger partial charge in [0.15, 0.2) is 0 Å². The van der Waals surface area contributed by atoms with Crippen LogP contribution >= 0.6 is 0 Å². The second-order valence-corrected chi connectivity index (χ2v) is 5.21. The molecule has 0 aliphatic carbocycles. The number of hydrogen-bond donors (Lipinski definition) is 0. The van der Waals surface area contributed by atoms with Crippen molar-refractivity contribution in [1.82, 2.24) is 15.0 Å². The van der Waals surface area contributed by atoms with Crippen molar-refractivity contribution in [3.8, 4) is 16.9 Å². The van der Waals surface area contributed by atoms with Crippen LogP contribution in [0.2, 0.25) is 0 Å². The quantitative estimate of drug-likeness (QED) is 0.738. The molecule has 0 fully saturated rings. The largest absolute Gasteiger partial charge is 0.373 e. The number of carbonyl (C=O) groups excluding carboxylic acids is 2. The fourth-order valence-corrected chi connectivity index (χ4v) is 2.35. The SMILES string of the molecule is CCc1ccc(-c2cn(-c3cccc(CC)c3)nn2)cc1.O=C=O. The first kappa shape index (κ1) is 17.3. The Hall–Kier alpha value is -3.04. The Bertz CT molecular complexity index is 817. The fraction of sp³-hybridized carbons (Fsp3) is 0.211. The van der Waals surface area contributed by atoms with E-state index in [-0.39, 0.29) is 6.15 Å². The number of aromatic nitrogens is 3. The average molecular weight is 321 g/mol. The summed E-state index contributed by atoms with van der Waals surface area (Å²) in [5, 5.41) is 8.53. The molecule has 0 unspecified atom stereocenters. The summed E-state index contributed by atoms with van der Waals surface area (Å²) in [6.07, 6.45) is 4.31. The van der Waals surface area contributed by atoms with Gasteiger partial charge in [-0.05, 0) is 36.1 Å². The normalized spacial score (nSPS) is 9.75. The summed E-state index contributed by atoms with van der Waals surface area (Å²) >= 11 is 0. The highest BCUT2D eigenvalue weighted by atomic mass is 16.2. The predicted octanol–water partition coefficient (Wildman–Crippen LogP) is 3.48. The third kappa shape index (κ3) is 4.24. The molecular weight excluding hydrogens is 302 g/mol. The molecule has 0 atom stereocenters. The van der Waals surface area contributed by atoms with E-state index in [1.807, 2.05) is 10.9 Å². The van der Waals surface area contributed by atoms with Crippen molar-refractivity contribution >= 4 is 6.15 Å². The molecular formula is C19H19N3O2.